The van der Waals surface area contributed by atoms with Crippen molar-refractivity contribution in [3.05, 3.63) is 35.4 Å². The molecule has 0 saturated heterocycles. The van der Waals surface area contributed by atoms with E-state index in [0.29, 0.717) is 5.92 Å². The van der Waals surface area contributed by atoms with Crippen molar-refractivity contribution in [3.63, 3.8) is 0 Å². The van der Waals surface area contributed by atoms with Gasteiger partial charge in [0.25, 0.3) is 0 Å². The maximum Gasteiger partial charge on any atom is 0.490 e. The van der Waals surface area contributed by atoms with Gasteiger partial charge in [0.05, 0.1) is 0 Å². The van der Waals surface area contributed by atoms with Gasteiger partial charge in [-0.25, -0.2) is 4.79 Å². The van der Waals surface area contributed by atoms with Gasteiger partial charge >= 0.3 is 12.1 Å². The highest BCUT2D eigenvalue weighted by Crippen LogP contribution is 2.74. The molecule has 8 aliphatic rings. The van der Waals surface area contributed by atoms with E-state index < -0.39 is 18.2 Å². The Balaban J connectivity index is 1.34. The van der Waals surface area contributed by atoms with Gasteiger partial charge in [-0.2, -0.15) is 13.2 Å². The molecule has 8 saturated carbocycles. The molecule has 0 unspecified atom stereocenters. The molecule has 1 atom stereocenters. The Morgan fingerprint density at radius 1 is 0.750 bits per heavy atom. The van der Waals surface area contributed by atoms with Crippen molar-refractivity contribution in [3.8, 4) is 0 Å². The third kappa shape index (κ3) is 3.68. The summed E-state index contributed by atoms with van der Waals surface area (Å²) in [7, 11) is 0. The topological polar surface area (TPSA) is 26.3 Å². The summed E-state index contributed by atoms with van der Waals surface area (Å²) in [5, 5.41) is 0. The summed E-state index contributed by atoms with van der Waals surface area (Å²) in [5.74, 6) is 3.21. The molecule has 0 aliphatic heterocycles. The molecule has 1 aromatic carbocycles. The van der Waals surface area contributed by atoms with E-state index in [1.54, 1.807) is 6.92 Å². The molecular weight excluding hydrogens is 461 g/mol. The molecule has 8 fully saturated rings. The molecule has 36 heavy (non-hydrogen) atoms. The molecule has 9 rings (SSSR count). The summed E-state index contributed by atoms with van der Waals surface area (Å²) >= 11 is 0. The molecule has 0 N–H and O–H groups in total. The average molecular weight is 501 g/mol. The Morgan fingerprint density at radius 2 is 1.11 bits per heavy atom. The molecular formula is C31H39F3O2. The zero-order chi connectivity index (χ0) is 24.9. The van der Waals surface area contributed by atoms with Gasteiger partial charge in [-0.1, -0.05) is 24.3 Å². The molecule has 0 radical (unpaired) electrons. The number of carbonyl (C=O) groups excluding carboxylic acids is 1. The van der Waals surface area contributed by atoms with Crippen molar-refractivity contribution in [2.24, 2.45) is 46.3 Å². The predicted octanol–water partition coefficient (Wildman–Crippen LogP) is 8.37. The van der Waals surface area contributed by atoms with Gasteiger partial charge in [-0.3, -0.25) is 0 Å². The number of rotatable bonds is 5. The number of alkyl halides is 3. The van der Waals surface area contributed by atoms with Crippen LogP contribution in [0.1, 0.15) is 107 Å². The van der Waals surface area contributed by atoms with Gasteiger partial charge in [-0.15, -0.1) is 0 Å². The second kappa shape index (κ2) is 7.99. The third-order valence-corrected chi connectivity index (χ3v) is 11.7. The van der Waals surface area contributed by atoms with Gasteiger partial charge < -0.3 is 4.74 Å². The standard InChI is InChI=1S/C31H39F3O2/c1-18(36-28(35)31(32,33)34)25-4-2-3-5-26(25)27(29-12-19-6-20(13-29)8-21(7-19)14-29)30-15-22-9-23(16-30)11-24(10-22)17-30/h2-5,18-24,27H,6-17H2,1H3/t18-,19?,20?,21?,22?,23?,24?,27?,29?,30?/m0/s1. The predicted molar refractivity (Wildman–Crippen MR) is 131 cm³/mol. The number of esters is 1. The molecule has 0 spiro atoms. The Labute approximate surface area is 212 Å². The monoisotopic (exact) mass is 500 g/mol. The largest absolute Gasteiger partial charge is 0.490 e. The number of hydrogen-bond donors (Lipinski definition) is 0. The number of halogens is 3. The van der Waals surface area contributed by atoms with Crippen LogP contribution in [0.2, 0.25) is 0 Å². The van der Waals surface area contributed by atoms with Crippen molar-refractivity contribution in [2.75, 3.05) is 0 Å². The van der Waals surface area contributed by atoms with Crippen molar-refractivity contribution in [1.82, 2.24) is 0 Å². The van der Waals surface area contributed by atoms with Crippen LogP contribution in [0.3, 0.4) is 0 Å². The fraction of sp³-hybridized carbons (Fsp3) is 0.774. The lowest BCUT2D eigenvalue weighted by atomic mass is 9.37. The minimum atomic E-state index is -4.97. The molecule has 0 amide bonds. The first-order valence-electron chi connectivity index (χ1n) is 14.5. The van der Waals surface area contributed by atoms with E-state index >= 15 is 0 Å². The van der Waals surface area contributed by atoms with Crippen molar-refractivity contribution < 1.29 is 22.7 Å². The van der Waals surface area contributed by atoms with Crippen LogP contribution in [0.25, 0.3) is 0 Å². The zero-order valence-electron chi connectivity index (χ0n) is 21.4. The third-order valence-electron chi connectivity index (χ3n) is 11.7. The van der Waals surface area contributed by atoms with Crippen LogP contribution in [-0.2, 0) is 9.53 Å². The molecule has 2 nitrogen and oxygen atoms in total. The average Bonchev–Trinajstić information content (AvgIpc) is 2.76. The molecule has 8 bridgehead atoms. The van der Waals surface area contributed by atoms with Crippen LogP contribution in [0.15, 0.2) is 24.3 Å². The summed E-state index contributed by atoms with van der Waals surface area (Å²) in [5.41, 5.74) is 2.53. The van der Waals surface area contributed by atoms with E-state index in [9.17, 15) is 18.0 Å². The van der Waals surface area contributed by atoms with E-state index in [0.717, 1.165) is 41.1 Å². The van der Waals surface area contributed by atoms with E-state index in [2.05, 4.69) is 12.1 Å². The number of benzene rings is 1. The maximum atomic E-state index is 13.1. The van der Waals surface area contributed by atoms with E-state index in [1.165, 1.54) is 82.6 Å². The summed E-state index contributed by atoms with van der Waals surface area (Å²) in [6.45, 7) is 1.64. The highest BCUT2D eigenvalue weighted by molar-refractivity contribution is 5.75. The Bertz CT molecular complexity index is 928. The summed E-state index contributed by atoms with van der Waals surface area (Å²) in [6.07, 6.45) is 10.2. The molecule has 5 heteroatoms. The first-order valence-corrected chi connectivity index (χ1v) is 14.5. The van der Waals surface area contributed by atoms with E-state index in [4.69, 9.17) is 4.74 Å². The zero-order valence-corrected chi connectivity index (χ0v) is 21.4. The molecule has 0 heterocycles. The van der Waals surface area contributed by atoms with Crippen LogP contribution in [0.4, 0.5) is 13.2 Å². The molecule has 0 aromatic heterocycles. The lowest BCUT2D eigenvalue weighted by Crippen LogP contribution is -2.57. The molecule has 8 aliphatic carbocycles. The number of ether oxygens (including phenoxy) is 1. The van der Waals surface area contributed by atoms with Gasteiger partial charge in [0.2, 0.25) is 0 Å². The summed E-state index contributed by atoms with van der Waals surface area (Å²) in [6, 6.07) is 8.13. The lowest BCUT2D eigenvalue weighted by Gasteiger charge is -2.67. The van der Waals surface area contributed by atoms with Gasteiger partial charge in [0, 0.05) is 0 Å². The van der Waals surface area contributed by atoms with Gasteiger partial charge in [0.15, 0.2) is 0 Å². The summed E-state index contributed by atoms with van der Waals surface area (Å²) < 4.78 is 44.4. The van der Waals surface area contributed by atoms with Crippen molar-refractivity contribution in [1.29, 1.82) is 0 Å². The lowest BCUT2D eigenvalue weighted by molar-refractivity contribution is -0.204. The highest BCUT2D eigenvalue weighted by Gasteiger charge is 2.63. The fourth-order valence-electron chi connectivity index (χ4n) is 11.8. The minimum absolute atomic E-state index is 0.254. The van der Waals surface area contributed by atoms with E-state index in [-0.39, 0.29) is 10.8 Å². The first-order chi connectivity index (χ1) is 17.1. The number of hydrogen-bond acceptors (Lipinski definition) is 2. The fourth-order valence-corrected chi connectivity index (χ4v) is 11.8. The molecule has 1 aromatic rings. The second-order valence-corrected chi connectivity index (χ2v) is 14.2. The first kappa shape index (κ1) is 23.6. The van der Waals surface area contributed by atoms with Crippen LogP contribution in [0, 0.1) is 46.3 Å². The summed E-state index contributed by atoms with van der Waals surface area (Å²) in [4.78, 5) is 11.8. The SMILES string of the molecule is C[C@H](OC(=O)C(F)(F)F)c1ccccc1C(C12CC3CC(CC(C3)C1)C2)C12CC3CC(CC(C3)C1)C2. The Morgan fingerprint density at radius 3 is 1.47 bits per heavy atom. The normalized spacial score (nSPS) is 44.0. The molecule has 196 valence electrons. The van der Waals surface area contributed by atoms with Crippen LogP contribution >= 0.6 is 0 Å². The quantitative estimate of drug-likeness (QED) is 0.380. The van der Waals surface area contributed by atoms with Crippen molar-refractivity contribution >= 4 is 5.97 Å². The van der Waals surface area contributed by atoms with Crippen LogP contribution < -0.4 is 0 Å². The van der Waals surface area contributed by atoms with Gasteiger partial charge in [0.1, 0.15) is 6.10 Å². The Hall–Kier alpha value is -1.52. The Kier molecular flexibility index (Phi) is 5.24. The second-order valence-electron chi connectivity index (χ2n) is 14.2. The minimum Gasteiger partial charge on any atom is -0.451 e. The van der Waals surface area contributed by atoms with Crippen LogP contribution in [-0.4, -0.2) is 12.1 Å². The van der Waals surface area contributed by atoms with Crippen molar-refractivity contribution in [2.45, 2.75) is 102 Å². The van der Waals surface area contributed by atoms with Crippen LogP contribution in [0.5, 0.6) is 0 Å². The smallest absolute Gasteiger partial charge is 0.451 e. The van der Waals surface area contributed by atoms with E-state index in [1.807, 2.05) is 12.1 Å². The maximum absolute atomic E-state index is 13.1. The van der Waals surface area contributed by atoms with Gasteiger partial charge in [-0.05, 0) is 147 Å². The number of carbonyl (C=O) groups is 1. The highest BCUT2D eigenvalue weighted by atomic mass is 19.4.